The molecule has 30 heavy (non-hydrogen) atoms. The maximum atomic E-state index is 12.8. The molecule has 3 aromatic rings. The minimum absolute atomic E-state index is 0.0881. The van der Waals surface area contributed by atoms with Gasteiger partial charge in [0.05, 0.1) is 28.2 Å². The van der Waals surface area contributed by atoms with E-state index in [4.69, 9.17) is 9.15 Å². The lowest BCUT2D eigenvalue weighted by Gasteiger charge is -2.15. The number of thioether (sulfide) groups is 1. The summed E-state index contributed by atoms with van der Waals surface area (Å²) in [6.45, 7) is 0. The first-order valence-corrected chi connectivity index (χ1v) is 9.56. The highest BCUT2D eigenvalue weighted by atomic mass is 32.2. The predicted molar refractivity (Wildman–Crippen MR) is 112 cm³/mol. The van der Waals surface area contributed by atoms with Crippen molar-refractivity contribution in [2.45, 2.75) is 0 Å². The zero-order chi connectivity index (χ0) is 21.3. The van der Waals surface area contributed by atoms with E-state index in [9.17, 15) is 19.7 Å². The van der Waals surface area contributed by atoms with Crippen LogP contribution in [0.4, 0.5) is 16.2 Å². The molecule has 4 rings (SSSR count). The second kappa shape index (κ2) is 7.88. The number of amides is 2. The van der Waals surface area contributed by atoms with Gasteiger partial charge in [0.2, 0.25) is 0 Å². The molecule has 0 atom stereocenters. The quantitative estimate of drug-likeness (QED) is 0.320. The van der Waals surface area contributed by atoms with Crippen molar-refractivity contribution in [3.8, 4) is 17.1 Å². The summed E-state index contributed by atoms with van der Waals surface area (Å²) < 4.78 is 10.9. The lowest BCUT2D eigenvalue weighted by molar-refractivity contribution is -0.384. The van der Waals surface area contributed by atoms with Crippen LogP contribution in [0.1, 0.15) is 5.76 Å². The van der Waals surface area contributed by atoms with Gasteiger partial charge < -0.3 is 9.15 Å². The Bertz CT molecular complexity index is 1200. The van der Waals surface area contributed by atoms with Gasteiger partial charge in [0.15, 0.2) is 0 Å². The van der Waals surface area contributed by atoms with Gasteiger partial charge in [-0.25, -0.2) is 4.90 Å². The minimum atomic E-state index is -0.502. The average Bonchev–Trinajstić information content (AvgIpc) is 3.32. The Hall–Kier alpha value is -3.85. The van der Waals surface area contributed by atoms with Crippen molar-refractivity contribution in [1.29, 1.82) is 0 Å². The minimum Gasteiger partial charge on any atom is -0.495 e. The Morgan fingerprint density at radius 2 is 1.80 bits per heavy atom. The topological polar surface area (TPSA) is 103 Å². The molecule has 0 spiro atoms. The molecule has 1 aliphatic heterocycles. The van der Waals surface area contributed by atoms with Crippen LogP contribution >= 0.6 is 11.8 Å². The average molecular weight is 422 g/mol. The van der Waals surface area contributed by atoms with Crippen molar-refractivity contribution < 1.29 is 23.7 Å². The number of carbonyl (C=O) groups excluding carboxylic acids is 2. The van der Waals surface area contributed by atoms with E-state index in [1.54, 1.807) is 54.6 Å². The van der Waals surface area contributed by atoms with Gasteiger partial charge in [0.25, 0.3) is 16.8 Å². The van der Waals surface area contributed by atoms with Crippen molar-refractivity contribution in [3.63, 3.8) is 0 Å². The van der Waals surface area contributed by atoms with Crippen LogP contribution in [0.5, 0.6) is 5.75 Å². The fourth-order valence-corrected chi connectivity index (χ4v) is 3.85. The van der Waals surface area contributed by atoms with Crippen LogP contribution in [0.15, 0.2) is 70.0 Å². The summed E-state index contributed by atoms with van der Waals surface area (Å²) in [5, 5.41) is 10.8. The molecule has 2 heterocycles. The number of rotatable bonds is 5. The van der Waals surface area contributed by atoms with Gasteiger partial charge >= 0.3 is 0 Å². The van der Waals surface area contributed by atoms with Gasteiger partial charge in [-0.05, 0) is 42.1 Å². The number of nitrogens with zero attached hydrogens (tertiary/aromatic N) is 2. The molecule has 1 aromatic heterocycles. The van der Waals surface area contributed by atoms with Crippen LogP contribution in [0.3, 0.4) is 0 Å². The number of furan rings is 1. The fourth-order valence-electron chi connectivity index (χ4n) is 3.04. The molecular weight excluding hydrogens is 408 g/mol. The third-order valence-electron chi connectivity index (χ3n) is 4.39. The highest BCUT2D eigenvalue weighted by Gasteiger charge is 2.38. The zero-order valence-electron chi connectivity index (χ0n) is 15.6. The maximum Gasteiger partial charge on any atom is 0.298 e. The number of hydrogen-bond acceptors (Lipinski definition) is 7. The SMILES string of the molecule is COc1ccccc1N1C(=O)S/C(=C/c2ccc(-c3ccccc3[N+](=O)[O-])o2)C1=O. The zero-order valence-corrected chi connectivity index (χ0v) is 16.4. The molecule has 1 fully saturated rings. The largest absolute Gasteiger partial charge is 0.495 e. The maximum absolute atomic E-state index is 12.8. The second-order valence-electron chi connectivity index (χ2n) is 6.17. The van der Waals surface area contributed by atoms with Crippen LogP contribution < -0.4 is 9.64 Å². The Kier molecular flexibility index (Phi) is 5.11. The fraction of sp³-hybridized carbons (Fsp3) is 0.0476. The molecule has 0 radical (unpaired) electrons. The summed E-state index contributed by atoms with van der Waals surface area (Å²) in [5.41, 5.74) is 0.588. The van der Waals surface area contributed by atoms with E-state index in [1.807, 2.05) is 0 Å². The third kappa shape index (κ3) is 3.46. The monoisotopic (exact) mass is 422 g/mol. The van der Waals surface area contributed by atoms with Crippen LogP contribution in [0, 0.1) is 10.1 Å². The molecule has 9 heteroatoms. The molecule has 2 amide bonds. The van der Waals surface area contributed by atoms with E-state index >= 15 is 0 Å². The van der Waals surface area contributed by atoms with E-state index in [0.717, 1.165) is 16.7 Å². The Morgan fingerprint density at radius 3 is 2.57 bits per heavy atom. The number of anilines is 1. The first-order chi connectivity index (χ1) is 14.5. The Morgan fingerprint density at radius 1 is 1.07 bits per heavy atom. The van der Waals surface area contributed by atoms with Gasteiger partial charge in [-0.2, -0.15) is 0 Å². The van der Waals surface area contributed by atoms with E-state index < -0.39 is 16.1 Å². The molecule has 0 N–H and O–H groups in total. The molecule has 1 aliphatic rings. The third-order valence-corrected chi connectivity index (χ3v) is 5.26. The van der Waals surface area contributed by atoms with Crippen LogP contribution in [-0.2, 0) is 4.79 Å². The molecule has 0 unspecified atom stereocenters. The van der Waals surface area contributed by atoms with Crippen LogP contribution in [0.25, 0.3) is 17.4 Å². The number of nitro groups is 1. The van der Waals surface area contributed by atoms with Crippen molar-refractivity contribution >= 4 is 40.4 Å². The smallest absolute Gasteiger partial charge is 0.298 e. The summed E-state index contributed by atoms with van der Waals surface area (Å²) in [6.07, 6.45) is 1.44. The normalized spacial score (nSPS) is 15.1. The van der Waals surface area contributed by atoms with Gasteiger partial charge in [0.1, 0.15) is 17.3 Å². The van der Waals surface area contributed by atoms with Crippen molar-refractivity contribution in [2.75, 3.05) is 12.0 Å². The molecular formula is C21H14N2O6S. The molecule has 0 bridgehead atoms. The van der Waals surface area contributed by atoms with E-state index in [2.05, 4.69) is 0 Å². The van der Waals surface area contributed by atoms with Crippen molar-refractivity contribution in [3.05, 3.63) is 81.4 Å². The molecule has 0 aliphatic carbocycles. The molecule has 2 aromatic carbocycles. The number of para-hydroxylation sites is 3. The lowest BCUT2D eigenvalue weighted by atomic mass is 10.1. The van der Waals surface area contributed by atoms with Gasteiger partial charge in [-0.1, -0.05) is 24.3 Å². The van der Waals surface area contributed by atoms with Gasteiger partial charge in [0, 0.05) is 12.1 Å². The number of nitro benzene ring substituents is 1. The first-order valence-electron chi connectivity index (χ1n) is 8.74. The number of imide groups is 1. The Balaban J connectivity index is 1.65. The molecule has 1 saturated heterocycles. The second-order valence-corrected chi connectivity index (χ2v) is 7.16. The summed E-state index contributed by atoms with van der Waals surface area (Å²) >= 11 is 0.779. The van der Waals surface area contributed by atoms with Gasteiger partial charge in [-0.3, -0.25) is 19.7 Å². The predicted octanol–water partition coefficient (Wildman–Crippen LogP) is 5.10. The number of methoxy groups -OCH3 is 1. The number of hydrogen-bond donors (Lipinski definition) is 0. The molecule has 150 valence electrons. The van der Waals surface area contributed by atoms with Crippen molar-refractivity contribution in [1.82, 2.24) is 0 Å². The van der Waals surface area contributed by atoms with E-state index in [-0.39, 0.29) is 16.4 Å². The lowest BCUT2D eigenvalue weighted by Crippen LogP contribution is -2.28. The van der Waals surface area contributed by atoms with E-state index in [1.165, 1.54) is 19.3 Å². The first kappa shape index (κ1) is 19.5. The summed E-state index contributed by atoms with van der Waals surface area (Å²) in [5.74, 6) is 0.488. The highest BCUT2D eigenvalue weighted by molar-refractivity contribution is 8.19. The number of ether oxygens (including phenoxy) is 1. The van der Waals surface area contributed by atoms with E-state index in [0.29, 0.717) is 22.8 Å². The highest BCUT2D eigenvalue weighted by Crippen LogP contribution is 2.40. The summed E-state index contributed by atoms with van der Waals surface area (Å²) in [7, 11) is 1.46. The molecule has 0 saturated carbocycles. The number of carbonyl (C=O) groups is 2. The van der Waals surface area contributed by atoms with Gasteiger partial charge in [-0.15, -0.1) is 0 Å². The summed E-state index contributed by atoms with van der Waals surface area (Å²) in [4.78, 5) is 37.3. The number of benzene rings is 2. The van der Waals surface area contributed by atoms with Crippen LogP contribution in [0.2, 0.25) is 0 Å². The van der Waals surface area contributed by atoms with Crippen LogP contribution in [-0.4, -0.2) is 23.2 Å². The standard InChI is InChI=1S/C21H14N2O6S/c1-28-18-9-5-4-8-16(18)22-20(24)19(30-21(22)25)12-13-10-11-17(29-13)14-6-2-3-7-15(14)23(26)27/h2-12H,1H3/b19-12+. The van der Waals surface area contributed by atoms with Crippen molar-refractivity contribution in [2.24, 2.45) is 0 Å². The molecule has 8 nitrogen and oxygen atoms in total. The Labute approximate surface area is 174 Å². The summed E-state index contributed by atoms with van der Waals surface area (Å²) in [6, 6.07) is 16.1.